The molecule has 0 saturated carbocycles. The Morgan fingerprint density at radius 3 is 2.10 bits per heavy atom. The number of nitrogens with one attached hydrogen (secondary N) is 1. The van der Waals surface area contributed by atoms with Crippen molar-refractivity contribution in [3.63, 3.8) is 0 Å². The van der Waals surface area contributed by atoms with Gasteiger partial charge in [0, 0.05) is 5.69 Å². The molecule has 110 valence electrons. The Bertz CT molecular complexity index is 597. The van der Waals surface area contributed by atoms with Gasteiger partial charge in [-0.15, -0.1) is 13.2 Å². The van der Waals surface area contributed by atoms with Crippen LogP contribution < -0.4 is 14.8 Å². The Kier molecular flexibility index (Phi) is 4.32. The van der Waals surface area contributed by atoms with Gasteiger partial charge in [-0.2, -0.15) is 0 Å². The van der Waals surface area contributed by atoms with Crippen LogP contribution >= 0.6 is 0 Å². The van der Waals surface area contributed by atoms with Crippen LogP contribution in [0.1, 0.15) is 0 Å². The van der Waals surface area contributed by atoms with E-state index in [1.165, 1.54) is 12.1 Å². The topological polar surface area (TPSA) is 47.6 Å². The van der Waals surface area contributed by atoms with E-state index in [2.05, 4.69) is 10.1 Å². The van der Waals surface area contributed by atoms with Crippen LogP contribution in [0, 0.1) is 0 Å². The van der Waals surface area contributed by atoms with Crippen molar-refractivity contribution < 1.29 is 27.4 Å². The summed E-state index contributed by atoms with van der Waals surface area (Å²) in [6.45, 7) is 0. The fourth-order valence-electron chi connectivity index (χ4n) is 1.48. The molecule has 21 heavy (non-hydrogen) atoms. The summed E-state index contributed by atoms with van der Waals surface area (Å²) in [7, 11) is 0. The lowest BCUT2D eigenvalue weighted by atomic mass is 10.3. The first kappa shape index (κ1) is 14.7. The molecular formula is C14H10F3NO3. The van der Waals surface area contributed by atoms with E-state index in [1.807, 2.05) is 0 Å². The van der Waals surface area contributed by atoms with Crippen LogP contribution in [0.3, 0.4) is 0 Å². The van der Waals surface area contributed by atoms with Gasteiger partial charge >= 0.3 is 12.5 Å². The number of alkyl halides is 3. The van der Waals surface area contributed by atoms with Gasteiger partial charge < -0.3 is 9.47 Å². The number of amides is 1. The number of para-hydroxylation sites is 1. The standard InChI is InChI=1S/C14H10F3NO3/c15-14(16,17)21-12-8-6-10(7-9-12)18-13(19)20-11-4-2-1-3-5-11/h1-9H,(H,18,19). The van der Waals surface area contributed by atoms with Gasteiger partial charge in [-0.3, -0.25) is 5.32 Å². The van der Waals surface area contributed by atoms with Gasteiger partial charge in [-0.05, 0) is 36.4 Å². The summed E-state index contributed by atoms with van der Waals surface area (Å²) in [4.78, 5) is 11.6. The summed E-state index contributed by atoms with van der Waals surface area (Å²) in [5.41, 5.74) is 0.283. The molecule has 0 aliphatic rings. The third-order valence-corrected chi connectivity index (χ3v) is 2.29. The van der Waals surface area contributed by atoms with E-state index in [0.717, 1.165) is 12.1 Å². The Hall–Kier alpha value is -2.70. The minimum absolute atomic E-state index is 0.283. The average molecular weight is 297 g/mol. The number of hydrogen-bond donors (Lipinski definition) is 1. The molecule has 0 fully saturated rings. The molecule has 0 aliphatic carbocycles. The molecule has 2 aromatic carbocycles. The second-order valence-corrected chi connectivity index (χ2v) is 3.90. The highest BCUT2D eigenvalue weighted by Gasteiger charge is 2.30. The molecule has 0 spiro atoms. The second kappa shape index (κ2) is 6.17. The molecule has 0 aromatic heterocycles. The Morgan fingerprint density at radius 2 is 1.52 bits per heavy atom. The van der Waals surface area contributed by atoms with Crippen molar-refractivity contribution in [2.45, 2.75) is 6.36 Å². The van der Waals surface area contributed by atoms with Crippen LogP contribution in [-0.4, -0.2) is 12.5 Å². The molecule has 0 saturated heterocycles. The van der Waals surface area contributed by atoms with E-state index >= 15 is 0 Å². The van der Waals surface area contributed by atoms with E-state index in [0.29, 0.717) is 5.75 Å². The average Bonchev–Trinajstić information content (AvgIpc) is 2.40. The summed E-state index contributed by atoms with van der Waals surface area (Å²) in [6.07, 6.45) is -5.49. The second-order valence-electron chi connectivity index (χ2n) is 3.90. The predicted octanol–water partition coefficient (Wildman–Crippen LogP) is 4.20. The number of carbonyl (C=O) groups excluding carboxylic acids is 1. The quantitative estimate of drug-likeness (QED) is 0.923. The third kappa shape index (κ3) is 5.06. The maximum atomic E-state index is 12.0. The lowest BCUT2D eigenvalue weighted by Crippen LogP contribution is -2.18. The van der Waals surface area contributed by atoms with Crippen molar-refractivity contribution in [3.8, 4) is 11.5 Å². The zero-order valence-corrected chi connectivity index (χ0v) is 10.6. The highest BCUT2D eigenvalue weighted by atomic mass is 19.4. The molecular weight excluding hydrogens is 287 g/mol. The largest absolute Gasteiger partial charge is 0.573 e. The molecule has 1 N–H and O–H groups in total. The van der Waals surface area contributed by atoms with Gasteiger partial charge in [0.1, 0.15) is 11.5 Å². The monoisotopic (exact) mass is 297 g/mol. The minimum Gasteiger partial charge on any atom is -0.410 e. The first-order valence-corrected chi connectivity index (χ1v) is 5.82. The SMILES string of the molecule is O=C(Nc1ccc(OC(F)(F)F)cc1)Oc1ccccc1. The van der Waals surface area contributed by atoms with Crippen molar-refractivity contribution in [2.24, 2.45) is 0 Å². The van der Waals surface area contributed by atoms with Crippen molar-refractivity contribution in [1.29, 1.82) is 0 Å². The molecule has 7 heteroatoms. The molecule has 2 aromatic rings. The molecule has 0 atom stereocenters. The maximum Gasteiger partial charge on any atom is 0.573 e. The Morgan fingerprint density at radius 1 is 0.905 bits per heavy atom. The van der Waals surface area contributed by atoms with Crippen molar-refractivity contribution in [1.82, 2.24) is 0 Å². The number of hydrogen-bond acceptors (Lipinski definition) is 3. The van der Waals surface area contributed by atoms with Gasteiger partial charge in [0.05, 0.1) is 0 Å². The summed E-state index contributed by atoms with van der Waals surface area (Å²) in [5, 5.41) is 2.38. The van der Waals surface area contributed by atoms with E-state index < -0.39 is 12.5 Å². The van der Waals surface area contributed by atoms with Gasteiger partial charge in [0.2, 0.25) is 0 Å². The number of ether oxygens (including phenoxy) is 2. The van der Waals surface area contributed by atoms with Gasteiger partial charge in [-0.1, -0.05) is 18.2 Å². The zero-order valence-electron chi connectivity index (χ0n) is 10.6. The first-order chi connectivity index (χ1) is 9.92. The van der Waals surface area contributed by atoms with E-state index in [4.69, 9.17) is 4.74 Å². The van der Waals surface area contributed by atoms with Crippen molar-refractivity contribution in [2.75, 3.05) is 5.32 Å². The molecule has 0 bridgehead atoms. The molecule has 0 radical (unpaired) electrons. The third-order valence-electron chi connectivity index (χ3n) is 2.29. The highest BCUT2D eigenvalue weighted by molar-refractivity contribution is 5.86. The first-order valence-electron chi connectivity index (χ1n) is 5.82. The summed E-state index contributed by atoms with van der Waals surface area (Å²) in [5.74, 6) is -0.0171. The summed E-state index contributed by atoms with van der Waals surface area (Å²) >= 11 is 0. The smallest absolute Gasteiger partial charge is 0.410 e. The maximum absolute atomic E-state index is 12.0. The fraction of sp³-hybridized carbons (Fsp3) is 0.0714. The number of carbonyl (C=O) groups is 1. The van der Waals surface area contributed by atoms with Crippen molar-refractivity contribution >= 4 is 11.8 Å². The lowest BCUT2D eigenvalue weighted by Gasteiger charge is -2.10. The van der Waals surface area contributed by atoms with Gasteiger partial charge in [0.15, 0.2) is 0 Å². The molecule has 0 unspecified atom stereocenters. The fourth-order valence-corrected chi connectivity index (χ4v) is 1.48. The number of benzene rings is 2. The summed E-state index contributed by atoms with van der Waals surface area (Å²) in [6, 6.07) is 13.1. The van der Waals surface area contributed by atoms with Gasteiger partial charge in [-0.25, -0.2) is 4.79 Å². The normalized spacial score (nSPS) is 10.8. The molecule has 0 aliphatic heterocycles. The highest BCUT2D eigenvalue weighted by Crippen LogP contribution is 2.24. The zero-order chi connectivity index (χ0) is 15.3. The van der Waals surface area contributed by atoms with E-state index in [-0.39, 0.29) is 11.4 Å². The number of halogens is 3. The Labute approximate surface area is 118 Å². The number of rotatable bonds is 3. The van der Waals surface area contributed by atoms with Crippen LogP contribution in [-0.2, 0) is 0 Å². The molecule has 4 nitrogen and oxygen atoms in total. The van der Waals surface area contributed by atoms with Crippen LogP contribution in [0.25, 0.3) is 0 Å². The van der Waals surface area contributed by atoms with E-state index in [9.17, 15) is 18.0 Å². The predicted molar refractivity (Wildman–Crippen MR) is 69.2 cm³/mol. The number of anilines is 1. The van der Waals surface area contributed by atoms with Crippen LogP contribution in [0.2, 0.25) is 0 Å². The minimum atomic E-state index is -4.75. The molecule has 1 amide bonds. The van der Waals surface area contributed by atoms with Crippen LogP contribution in [0.15, 0.2) is 54.6 Å². The van der Waals surface area contributed by atoms with Crippen molar-refractivity contribution in [3.05, 3.63) is 54.6 Å². The van der Waals surface area contributed by atoms with Crippen LogP contribution in [0.5, 0.6) is 11.5 Å². The van der Waals surface area contributed by atoms with Gasteiger partial charge in [0.25, 0.3) is 0 Å². The Balaban J connectivity index is 1.92. The van der Waals surface area contributed by atoms with E-state index in [1.54, 1.807) is 30.3 Å². The molecule has 0 heterocycles. The molecule has 2 rings (SSSR count). The van der Waals surface area contributed by atoms with Crippen LogP contribution in [0.4, 0.5) is 23.7 Å². The summed E-state index contributed by atoms with van der Waals surface area (Å²) < 4.78 is 44.6. The lowest BCUT2D eigenvalue weighted by molar-refractivity contribution is -0.274.